The Hall–Kier alpha value is -1.56. The van der Waals surface area contributed by atoms with Crippen LogP contribution in [0.1, 0.15) is 30.2 Å². The number of thiophene rings is 1. The normalized spacial score (nSPS) is 16.9. The van der Waals surface area contributed by atoms with E-state index >= 15 is 0 Å². The molecule has 1 aliphatic rings. The maximum absolute atomic E-state index is 11.6. The van der Waals surface area contributed by atoms with Crippen molar-refractivity contribution in [2.24, 2.45) is 0 Å². The average molecular weight is 254 g/mol. The van der Waals surface area contributed by atoms with E-state index in [2.05, 4.69) is 10.6 Å². The molecule has 6 heteroatoms. The average Bonchev–Trinajstić information content (AvgIpc) is 2.72. The molecular weight excluding hydrogens is 240 g/mol. The predicted octanol–water partition coefficient (Wildman–Crippen LogP) is 1.73. The molecule has 5 nitrogen and oxygen atoms in total. The van der Waals surface area contributed by atoms with Crippen molar-refractivity contribution in [3.63, 3.8) is 0 Å². The number of amides is 2. The standard InChI is InChI=1S/C11H14N2O3S/c14-10(15)9(8-5-2-6-17-8)13-11(16)12-7-3-1-4-7/h2,5-7,9H,1,3-4H2,(H,14,15)(H2,12,13,16). The van der Waals surface area contributed by atoms with Crippen LogP contribution in [0.3, 0.4) is 0 Å². The summed E-state index contributed by atoms with van der Waals surface area (Å²) in [5, 5.41) is 16.1. The maximum Gasteiger partial charge on any atom is 0.331 e. The van der Waals surface area contributed by atoms with E-state index in [-0.39, 0.29) is 6.04 Å². The van der Waals surface area contributed by atoms with Crippen LogP contribution in [0.25, 0.3) is 0 Å². The lowest BCUT2D eigenvalue weighted by Gasteiger charge is -2.27. The summed E-state index contributed by atoms with van der Waals surface area (Å²) in [5.41, 5.74) is 0. The number of carboxylic acids is 1. The van der Waals surface area contributed by atoms with Crippen molar-refractivity contribution < 1.29 is 14.7 Å². The lowest BCUT2D eigenvalue weighted by atomic mass is 9.93. The Balaban J connectivity index is 1.93. The second kappa shape index (κ2) is 5.18. The Bertz CT molecular complexity index is 401. The van der Waals surface area contributed by atoms with E-state index in [1.165, 1.54) is 11.3 Å². The summed E-state index contributed by atoms with van der Waals surface area (Å²) < 4.78 is 0. The van der Waals surface area contributed by atoms with Crippen molar-refractivity contribution in [2.75, 3.05) is 0 Å². The molecule has 0 aliphatic heterocycles. The van der Waals surface area contributed by atoms with Gasteiger partial charge in [0.15, 0.2) is 6.04 Å². The summed E-state index contributed by atoms with van der Waals surface area (Å²) in [4.78, 5) is 23.3. The van der Waals surface area contributed by atoms with Gasteiger partial charge in [-0.05, 0) is 30.7 Å². The Labute approximate surface area is 103 Å². The van der Waals surface area contributed by atoms with Gasteiger partial charge in [0.1, 0.15) is 0 Å². The Morgan fingerprint density at radius 2 is 2.24 bits per heavy atom. The number of carbonyl (C=O) groups excluding carboxylic acids is 1. The molecule has 1 aromatic heterocycles. The number of carbonyl (C=O) groups is 2. The number of rotatable bonds is 4. The third kappa shape index (κ3) is 2.97. The number of hydrogen-bond donors (Lipinski definition) is 3. The molecule has 0 aromatic carbocycles. The van der Waals surface area contributed by atoms with Crippen LogP contribution in [-0.4, -0.2) is 23.1 Å². The minimum Gasteiger partial charge on any atom is -0.479 e. The highest BCUT2D eigenvalue weighted by atomic mass is 32.1. The minimum atomic E-state index is -1.05. The van der Waals surface area contributed by atoms with Gasteiger partial charge < -0.3 is 15.7 Å². The first-order valence-electron chi connectivity index (χ1n) is 5.50. The SMILES string of the molecule is O=C(NC1CCC1)NC(C(=O)O)c1cccs1. The van der Waals surface area contributed by atoms with Crippen molar-refractivity contribution in [1.82, 2.24) is 10.6 Å². The maximum atomic E-state index is 11.6. The number of urea groups is 1. The second-order valence-electron chi connectivity index (χ2n) is 4.03. The largest absolute Gasteiger partial charge is 0.479 e. The number of hydrogen-bond acceptors (Lipinski definition) is 3. The Morgan fingerprint density at radius 1 is 1.47 bits per heavy atom. The Kier molecular flexibility index (Phi) is 3.63. The van der Waals surface area contributed by atoms with Crippen molar-refractivity contribution >= 4 is 23.3 Å². The van der Waals surface area contributed by atoms with Gasteiger partial charge >= 0.3 is 12.0 Å². The Morgan fingerprint density at radius 3 is 2.71 bits per heavy atom. The zero-order valence-corrected chi connectivity index (χ0v) is 10.00. The van der Waals surface area contributed by atoms with E-state index in [1.807, 2.05) is 0 Å². The fourth-order valence-corrected chi connectivity index (χ4v) is 2.39. The zero-order chi connectivity index (χ0) is 12.3. The summed E-state index contributed by atoms with van der Waals surface area (Å²) in [6.07, 6.45) is 3.08. The van der Waals surface area contributed by atoms with Crippen LogP contribution in [0.2, 0.25) is 0 Å². The highest BCUT2D eigenvalue weighted by Crippen LogP contribution is 2.20. The molecule has 1 unspecified atom stereocenters. The molecular formula is C11H14N2O3S. The molecule has 0 spiro atoms. The van der Waals surface area contributed by atoms with Gasteiger partial charge in [-0.25, -0.2) is 9.59 Å². The summed E-state index contributed by atoms with van der Waals surface area (Å²) in [6.45, 7) is 0. The van der Waals surface area contributed by atoms with Crippen LogP contribution in [0.15, 0.2) is 17.5 Å². The quantitative estimate of drug-likeness (QED) is 0.765. The molecule has 92 valence electrons. The number of carboxylic acid groups (broad SMARTS) is 1. The van der Waals surface area contributed by atoms with Gasteiger partial charge in [-0.15, -0.1) is 11.3 Å². The van der Waals surface area contributed by atoms with Gasteiger partial charge in [-0.2, -0.15) is 0 Å². The van der Waals surface area contributed by atoms with E-state index in [0.29, 0.717) is 4.88 Å². The first-order valence-corrected chi connectivity index (χ1v) is 6.38. The third-order valence-corrected chi connectivity index (χ3v) is 3.73. The topological polar surface area (TPSA) is 78.4 Å². The van der Waals surface area contributed by atoms with Crippen LogP contribution in [0.5, 0.6) is 0 Å². The lowest BCUT2D eigenvalue weighted by Crippen LogP contribution is -2.47. The van der Waals surface area contributed by atoms with E-state index in [9.17, 15) is 9.59 Å². The smallest absolute Gasteiger partial charge is 0.331 e. The molecule has 0 radical (unpaired) electrons. The van der Waals surface area contributed by atoms with Gasteiger partial charge in [0.05, 0.1) is 0 Å². The summed E-state index contributed by atoms with van der Waals surface area (Å²) in [7, 11) is 0. The molecule has 1 atom stereocenters. The first kappa shape index (κ1) is 11.9. The molecule has 1 fully saturated rings. The second-order valence-corrected chi connectivity index (χ2v) is 5.01. The third-order valence-electron chi connectivity index (χ3n) is 2.79. The predicted molar refractivity (Wildman–Crippen MR) is 64.0 cm³/mol. The van der Waals surface area contributed by atoms with Crippen molar-refractivity contribution in [3.8, 4) is 0 Å². The van der Waals surface area contributed by atoms with E-state index in [1.54, 1.807) is 17.5 Å². The number of nitrogens with one attached hydrogen (secondary N) is 2. The van der Waals surface area contributed by atoms with E-state index in [4.69, 9.17) is 5.11 Å². The fourth-order valence-electron chi connectivity index (χ4n) is 1.62. The van der Waals surface area contributed by atoms with Crippen LogP contribution in [0, 0.1) is 0 Å². The number of aliphatic carboxylic acids is 1. The zero-order valence-electron chi connectivity index (χ0n) is 9.18. The molecule has 3 N–H and O–H groups in total. The molecule has 0 saturated heterocycles. The van der Waals surface area contributed by atoms with Crippen molar-refractivity contribution in [1.29, 1.82) is 0 Å². The van der Waals surface area contributed by atoms with E-state index in [0.717, 1.165) is 19.3 Å². The minimum absolute atomic E-state index is 0.202. The van der Waals surface area contributed by atoms with Gasteiger partial charge in [-0.3, -0.25) is 0 Å². The van der Waals surface area contributed by atoms with Crippen LogP contribution < -0.4 is 10.6 Å². The van der Waals surface area contributed by atoms with Gasteiger partial charge in [0, 0.05) is 10.9 Å². The van der Waals surface area contributed by atoms with Crippen LogP contribution >= 0.6 is 11.3 Å². The molecule has 1 aliphatic carbocycles. The van der Waals surface area contributed by atoms with Crippen LogP contribution in [-0.2, 0) is 4.79 Å². The molecule has 1 heterocycles. The van der Waals surface area contributed by atoms with E-state index < -0.39 is 18.0 Å². The lowest BCUT2D eigenvalue weighted by molar-refractivity contribution is -0.139. The van der Waals surface area contributed by atoms with Crippen molar-refractivity contribution in [2.45, 2.75) is 31.3 Å². The summed E-state index contributed by atoms with van der Waals surface area (Å²) in [6, 6.07) is 2.30. The molecule has 2 rings (SSSR count). The monoisotopic (exact) mass is 254 g/mol. The van der Waals surface area contributed by atoms with Crippen LogP contribution in [0.4, 0.5) is 4.79 Å². The molecule has 0 bridgehead atoms. The molecule has 1 saturated carbocycles. The molecule has 2 amide bonds. The van der Waals surface area contributed by atoms with Gasteiger partial charge in [-0.1, -0.05) is 6.07 Å². The summed E-state index contributed by atoms with van der Waals surface area (Å²) in [5.74, 6) is -1.05. The van der Waals surface area contributed by atoms with Gasteiger partial charge in [0.2, 0.25) is 0 Å². The highest BCUT2D eigenvalue weighted by molar-refractivity contribution is 7.10. The van der Waals surface area contributed by atoms with Gasteiger partial charge in [0.25, 0.3) is 0 Å². The molecule has 17 heavy (non-hydrogen) atoms. The fraction of sp³-hybridized carbons (Fsp3) is 0.455. The summed E-state index contributed by atoms with van der Waals surface area (Å²) >= 11 is 1.32. The first-order chi connectivity index (χ1) is 8.16. The highest BCUT2D eigenvalue weighted by Gasteiger charge is 2.25. The molecule has 1 aromatic rings. The van der Waals surface area contributed by atoms with Crippen molar-refractivity contribution in [3.05, 3.63) is 22.4 Å².